The molecule has 1 atom stereocenters. The van der Waals surface area contributed by atoms with Crippen molar-refractivity contribution >= 4 is 15.9 Å². The molecule has 1 fully saturated rings. The summed E-state index contributed by atoms with van der Waals surface area (Å²) in [6, 6.07) is 3.81. The van der Waals surface area contributed by atoms with Gasteiger partial charge in [-0.05, 0) is 12.1 Å². The number of primary sulfonamides is 1. The van der Waals surface area contributed by atoms with Crippen molar-refractivity contribution in [1.29, 1.82) is 0 Å². The Kier molecular flexibility index (Phi) is 3.21. The Morgan fingerprint density at radius 3 is 2.82 bits per heavy atom. The Balaban J connectivity index is 1.93. The Bertz CT molecular complexity index is 495. The van der Waals surface area contributed by atoms with Gasteiger partial charge in [-0.3, -0.25) is 4.79 Å². The summed E-state index contributed by atoms with van der Waals surface area (Å²) >= 11 is 0. The summed E-state index contributed by atoms with van der Waals surface area (Å²) < 4.78 is 22.3. The van der Waals surface area contributed by atoms with E-state index in [1.54, 1.807) is 4.90 Å². The summed E-state index contributed by atoms with van der Waals surface area (Å²) in [7, 11) is -3.61. The first kappa shape index (κ1) is 12.1. The van der Waals surface area contributed by atoms with Crippen molar-refractivity contribution in [3.63, 3.8) is 0 Å². The molecule has 2 rings (SSSR count). The van der Waals surface area contributed by atoms with Gasteiger partial charge in [0, 0.05) is 37.8 Å². The number of sulfonamides is 1. The SMILES string of the molecule is NS(=O)(=O)C1CC(=O)N(CCc2ccc[nH]2)C1. The predicted octanol–water partition coefficient (Wildman–Crippen LogP) is -0.553. The third-order valence-electron chi connectivity index (χ3n) is 2.96. The lowest BCUT2D eigenvalue weighted by molar-refractivity contribution is -0.127. The molecule has 2 heterocycles. The van der Waals surface area contributed by atoms with E-state index in [2.05, 4.69) is 4.98 Å². The Hall–Kier alpha value is -1.34. The summed E-state index contributed by atoms with van der Waals surface area (Å²) in [6.07, 6.45) is 2.51. The molecule has 0 bridgehead atoms. The average molecular weight is 257 g/mol. The Labute approximate surface area is 99.8 Å². The van der Waals surface area contributed by atoms with Gasteiger partial charge in [0.25, 0.3) is 0 Å². The van der Waals surface area contributed by atoms with Crippen molar-refractivity contribution < 1.29 is 13.2 Å². The summed E-state index contributed by atoms with van der Waals surface area (Å²) in [5.41, 5.74) is 1.02. The van der Waals surface area contributed by atoms with Gasteiger partial charge in [0.05, 0.1) is 0 Å². The number of hydrogen-bond acceptors (Lipinski definition) is 3. The number of aromatic amines is 1. The maximum atomic E-state index is 11.6. The summed E-state index contributed by atoms with van der Waals surface area (Å²) in [6.45, 7) is 0.726. The van der Waals surface area contributed by atoms with Crippen LogP contribution < -0.4 is 5.14 Å². The zero-order valence-corrected chi connectivity index (χ0v) is 10.1. The number of rotatable bonds is 4. The topological polar surface area (TPSA) is 96.3 Å². The van der Waals surface area contributed by atoms with E-state index in [-0.39, 0.29) is 18.9 Å². The highest BCUT2D eigenvalue weighted by Gasteiger charge is 2.35. The minimum Gasteiger partial charge on any atom is -0.365 e. The predicted molar refractivity (Wildman–Crippen MR) is 62.6 cm³/mol. The fourth-order valence-electron chi connectivity index (χ4n) is 1.95. The molecular formula is C10H15N3O3S. The van der Waals surface area contributed by atoms with Gasteiger partial charge in [0.15, 0.2) is 0 Å². The van der Waals surface area contributed by atoms with E-state index in [1.165, 1.54) is 0 Å². The van der Waals surface area contributed by atoms with Crippen molar-refractivity contribution in [2.45, 2.75) is 18.1 Å². The van der Waals surface area contributed by atoms with Crippen molar-refractivity contribution in [3.05, 3.63) is 24.0 Å². The molecule has 1 saturated heterocycles. The standard InChI is InChI=1S/C10H15N3O3S/c11-17(15,16)9-6-10(14)13(7-9)5-3-8-2-1-4-12-8/h1-2,4,9,12H,3,5-7H2,(H2,11,15,16). The number of nitrogens with zero attached hydrogens (tertiary/aromatic N) is 1. The lowest BCUT2D eigenvalue weighted by Gasteiger charge is -2.15. The quantitative estimate of drug-likeness (QED) is 0.757. The van der Waals surface area contributed by atoms with E-state index >= 15 is 0 Å². The maximum Gasteiger partial charge on any atom is 0.224 e. The molecule has 0 aromatic carbocycles. The maximum absolute atomic E-state index is 11.6. The molecule has 0 aliphatic carbocycles. The number of nitrogens with two attached hydrogens (primary N) is 1. The minimum atomic E-state index is -3.61. The molecule has 6 nitrogen and oxygen atoms in total. The second-order valence-electron chi connectivity index (χ2n) is 4.20. The Morgan fingerprint density at radius 2 is 2.29 bits per heavy atom. The average Bonchev–Trinajstić information content (AvgIpc) is 2.83. The lowest BCUT2D eigenvalue weighted by atomic mass is 10.3. The largest absolute Gasteiger partial charge is 0.365 e. The molecule has 1 aromatic heterocycles. The highest BCUT2D eigenvalue weighted by atomic mass is 32.2. The summed E-state index contributed by atoms with van der Waals surface area (Å²) in [5.74, 6) is -0.143. The van der Waals surface area contributed by atoms with Crippen LogP contribution in [-0.2, 0) is 21.2 Å². The van der Waals surface area contributed by atoms with Crippen LogP contribution in [0.1, 0.15) is 12.1 Å². The molecule has 1 aliphatic heterocycles. The lowest BCUT2D eigenvalue weighted by Crippen LogP contribution is -2.33. The molecule has 17 heavy (non-hydrogen) atoms. The molecule has 7 heteroatoms. The number of H-pyrrole nitrogens is 1. The van der Waals surface area contributed by atoms with E-state index in [0.717, 1.165) is 5.69 Å². The van der Waals surface area contributed by atoms with Crippen molar-refractivity contribution in [3.8, 4) is 0 Å². The second kappa shape index (κ2) is 4.50. The molecule has 1 unspecified atom stereocenters. The van der Waals surface area contributed by atoms with E-state index in [1.807, 2.05) is 18.3 Å². The van der Waals surface area contributed by atoms with Crippen LogP contribution in [0.4, 0.5) is 0 Å². The highest BCUT2D eigenvalue weighted by Crippen LogP contribution is 2.16. The molecule has 0 saturated carbocycles. The fraction of sp³-hybridized carbons (Fsp3) is 0.500. The van der Waals surface area contributed by atoms with Crippen LogP contribution in [0, 0.1) is 0 Å². The Morgan fingerprint density at radius 1 is 1.53 bits per heavy atom. The van der Waals surface area contributed by atoms with Crippen LogP contribution in [0.5, 0.6) is 0 Å². The molecule has 1 amide bonds. The summed E-state index contributed by atoms with van der Waals surface area (Å²) in [5, 5.41) is 4.29. The number of nitrogens with one attached hydrogen (secondary N) is 1. The normalized spacial score (nSPS) is 21.1. The zero-order valence-electron chi connectivity index (χ0n) is 9.30. The number of aromatic nitrogens is 1. The van der Waals surface area contributed by atoms with Gasteiger partial charge in [-0.2, -0.15) is 0 Å². The van der Waals surface area contributed by atoms with Gasteiger partial charge in [-0.15, -0.1) is 0 Å². The number of amides is 1. The van der Waals surface area contributed by atoms with Crippen LogP contribution in [0.3, 0.4) is 0 Å². The third-order valence-corrected chi connectivity index (χ3v) is 4.20. The smallest absolute Gasteiger partial charge is 0.224 e. The van der Waals surface area contributed by atoms with E-state index < -0.39 is 15.3 Å². The van der Waals surface area contributed by atoms with Gasteiger partial charge >= 0.3 is 0 Å². The van der Waals surface area contributed by atoms with Crippen LogP contribution >= 0.6 is 0 Å². The van der Waals surface area contributed by atoms with E-state index in [9.17, 15) is 13.2 Å². The number of carbonyl (C=O) groups is 1. The van der Waals surface area contributed by atoms with Gasteiger partial charge in [-0.25, -0.2) is 13.6 Å². The van der Waals surface area contributed by atoms with Gasteiger partial charge in [0.2, 0.25) is 15.9 Å². The monoisotopic (exact) mass is 257 g/mol. The molecule has 94 valence electrons. The first-order valence-electron chi connectivity index (χ1n) is 5.38. The number of likely N-dealkylation sites (tertiary alicyclic amines) is 1. The van der Waals surface area contributed by atoms with Crippen LogP contribution in [0.2, 0.25) is 0 Å². The van der Waals surface area contributed by atoms with E-state index in [4.69, 9.17) is 5.14 Å². The minimum absolute atomic E-state index is 0.00353. The first-order chi connectivity index (χ1) is 7.97. The van der Waals surface area contributed by atoms with Crippen LogP contribution in [0.25, 0.3) is 0 Å². The van der Waals surface area contributed by atoms with Crippen molar-refractivity contribution in [2.75, 3.05) is 13.1 Å². The van der Waals surface area contributed by atoms with E-state index in [0.29, 0.717) is 13.0 Å². The van der Waals surface area contributed by atoms with Crippen LogP contribution in [-0.4, -0.2) is 42.5 Å². The first-order valence-corrected chi connectivity index (χ1v) is 6.99. The third kappa shape index (κ3) is 2.86. The highest BCUT2D eigenvalue weighted by molar-refractivity contribution is 7.89. The molecule has 3 N–H and O–H groups in total. The number of carbonyl (C=O) groups excluding carboxylic acids is 1. The molecule has 0 spiro atoms. The summed E-state index contributed by atoms with van der Waals surface area (Å²) in [4.78, 5) is 16.2. The second-order valence-corrected chi connectivity index (χ2v) is 6.04. The molecule has 1 aliphatic rings. The van der Waals surface area contributed by atoms with Crippen molar-refractivity contribution in [2.24, 2.45) is 5.14 Å². The molecule has 0 radical (unpaired) electrons. The number of hydrogen-bond donors (Lipinski definition) is 2. The molecule has 1 aromatic rings. The van der Waals surface area contributed by atoms with Gasteiger partial charge < -0.3 is 9.88 Å². The zero-order chi connectivity index (χ0) is 12.5. The molecular weight excluding hydrogens is 242 g/mol. The van der Waals surface area contributed by atoms with Crippen LogP contribution in [0.15, 0.2) is 18.3 Å². The fourth-order valence-corrected chi connectivity index (χ4v) is 2.71. The van der Waals surface area contributed by atoms with Gasteiger partial charge in [-0.1, -0.05) is 0 Å². The van der Waals surface area contributed by atoms with Crippen molar-refractivity contribution in [1.82, 2.24) is 9.88 Å². The van der Waals surface area contributed by atoms with Gasteiger partial charge in [0.1, 0.15) is 5.25 Å².